The quantitative estimate of drug-likeness (QED) is 0.723. The van der Waals surface area contributed by atoms with Crippen LogP contribution in [0.5, 0.6) is 0 Å². The highest BCUT2D eigenvalue weighted by Crippen LogP contribution is 2.26. The van der Waals surface area contributed by atoms with Crippen LogP contribution in [0.4, 0.5) is 0 Å². The smallest absolute Gasteiger partial charge is 0.164 e. The highest BCUT2D eigenvalue weighted by Gasteiger charge is 2.27. The topological polar surface area (TPSA) is 20.3 Å². The van der Waals surface area contributed by atoms with Crippen molar-refractivity contribution in [3.63, 3.8) is 0 Å². The van der Waals surface area contributed by atoms with Crippen molar-refractivity contribution in [1.82, 2.24) is 4.90 Å². The molecule has 0 saturated heterocycles. The molecule has 1 saturated carbocycles. The summed E-state index contributed by atoms with van der Waals surface area (Å²) in [6.45, 7) is 4.06. The van der Waals surface area contributed by atoms with Crippen LogP contribution in [-0.4, -0.2) is 29.8 Å². The molecule has 1 aromatic carbocycles. The lowest BCUT2D eigenvalue weighted by molar-refractivity contribution is 0.0964. The van der Waals surface area contributed by atoms with E-state index in [9.17, 15) is 4.79 Å². The van der Waals surface area contributed by atoms with Gasteiger partial charge >= 0.3 is 0 Å². The average molecular weight is 252 g/mol. The molecule has 0 aromatic heterocycles. The van der Waals surface area contributed by atoms with Crippen LogP contribution in [0.15, 0.2) is 24.3 Å². The summed E-state index contributed by atoms with van der Waals surface area (Å²) in [5.74, 6) is 0.187. The lowest BCUT2D eigenvalue weighted by Crippen LogP contribution is -2.28. The maximum atomic E-state index is 12.0. The van der Waals surface area contributed by atoms with Crippen LogP contribution in [0.1, 0.15) is 36.5 Å². The Labute approximate surface area is 108 Å². The van der Waals surface area contributed by atoms with Gasteiger partial charge in [-0.1, -0.05) is 30.7 Å². The van der Waals surface area contributed by atoms with Crippen molar-refractivity contribution < 1.29 is 4.79 Å². The van der Waals surface area contributed by atoms with Crippen LogP contribution in [0.3, 0.4) is 0 Å². The van der Waals surface area contributed by atoms with Crippen LogP contribution in [-0.2, 0) is 0 Å². The molecule has 0 aliphatic heterocycles. The molecule has 0 unspecified atom stereocenters. The molecular formula is C14H18ClNO. The van der Waals surface area contributed by atoms with Gasteiger partial charge in [0.2, 0.25) is 0 Å². The number of hydrogen-bond acceptors (Lipinski definition) is 2. The molecule has 2 nitrogen and oxygen atoms in total. The standard InChI is InChI=1S/C14H18ClNO/c1-2-16(13-6-7-13)9-8-14(17)11-4-3-5-12(15)10-11/h3-5,10,13H,2,6-9H2,1H3. The maximum absolute atomic E-state index is 12.0. The summed E-state index contributed by atoms with van der Waals surface area (Å²) in [7, 11) is 0. The van der Waals surface area contributed by atoms with Crippen molar-refractivity contribution in [3.05, 3.63) is 34.9 Å². The Balaban J connectivity index is 1.88. The Kier molecular flexibility index (Phi) is 4.19. The van der Waals surface area contributed by atoms with E-state index in [0.717, 1.165) is 24.7 Å². The molecule has 17 heavy (non-hydrogen) atoms. The number of carbonyl (C=O) groups excluding carboxylic acids is 1. The van der Waals surface area contributed by atoms with E-state index in [1.54, 1.807) is 12.1 Å². The number of hydrogen-bond donors (Lipinski definition) is 0. The second-order valence-corrected chi connectivity index (χ2v) is 4.98. The summed E-state index contributed by atoms with van der Waals surface area (Å²) in [6, 6.07) is 7.93. The van der Waals surface area contributed by atoms with Crippen LogP contribution in [0.25, 0.3) is 0 Å². The Bertz CT molecular complexity index is 401. The third-order valence-electron chi connectivity index (χ3n) is 3.24. The van der Waals surface area contributed by atoms with E-state index in [2.05, 4.69) is 11.8 Å². The zero-order chi connectivity index (χ0) is 12.3. The molecule has 1 aromatic rings. The summed E-state index contributed by atoms with van der Waals surface area (Å²) in [4.78, 5) is 14.4. The number of halogens is 1. The van der Waals surface area contributed by atoms with Gasteiger partial charge < -0.3 is 4.90 Å². The molecule has 92 valence electrons. The molecule has 3 heteroatoms. The molecule has 1 aliphatic carbocycles. The molecule has 0 amide bonds. The highest BCUT2D eigenvalue weighted by molar-refractivity contribution is 6.31. The van der Waals surface area contributed by atoms with E-state index in [0.29, 0.717) is 11.4 Å². The lowest BCUT2D eigenvalue weighted by atomic mass is 10.1. The van der Waals surface area contributed by atoms with Gasteiger partial charge in [0, 0.05) is 29.6 Å². The number of carbonyl (C=O) groups is 1. The van der Waals surface area contributed by atoms with E-state index in [1.807, 2.05) is 12.1 Å². The molecule has 1 fully saturated rings. The van der Waals surface area contributed by atoms with E-state index >= 15 is 0 Å². The van der Waals surface area contributed by atoms with Gasteiger partial charge in [0.1, 0.15) is 0 Å². The number of rotatable bonds is 6. The first kappa shape index (κ1) is 12.6. The molecule has 0 atom stereocenters. The van der Waals surface area contributed by atoms with Crippen molar-refractivity contribution in [2.75, 3.05) is 13.1 Å². The van der Waals surface area contributed by atoms with Gasteiger partial charge in [0.05, 0.1) is 0 Å². The minimum atomic E-state index is 0.187. The number of Topliss-reactive ketones (excluding diaryl/α,β-unsaturated/α-hetero) is 1. The fourth-order valence-corrected chi connectivity index (χ4v) is 2.28. The first-order chi connectivity index (χ1) is 8.20. The maximum Gasteiger partial charge on any atom is 0.164 e. The minimum Gasteiger partial charge on any atom is -0.300 e. The van der Waals surface area contributed by atoms with Gasteiger partial charge in [0.25, 0.3) is 0 Å². The third kappa shape index (κ3) is 3.55. The van der Waals surface area contributed by atoms with E-state index in [-0.39, 0.29) is 5.78 Å². The predicted molar refractivity (Wildman–Crippen MR) is 70.7 cm³/mol. The lowest BCUT2D eigenvalue weighted by Gasteiger charge is -2.18. The second-order valence-electron chi connectivity index (χ2n) is 4.54. The molecular weight excluding hydrogens is 234 g/mol. The van der Waals surface area contributed by atoms with Crippen LogP contribution in [0.2, 0.25) is 5.02 Å². The van der Waals surface area contributed by atoms with Gasteiger partial charge in [-0.15, -0.1) is 0 Å². The van der Waals surface area contributed by atoms with Gasteiger partial charge in [-0.2, -0.15) is 0 Å². The summed E-state index contributed by atoms with van der Waals surface area (Å²) in [6.07, 6.45) is 3.17. The number of benzene rings is 1. The van der Waals surface area contributed by atoms with E-state index < -0.39 is 0 Å². The Morgan fingerprint density at radius 3 is 2.82 bits per heavy atom. The molecule has 2 rings (SSSR count). The SMILES string of the molecule is CCN(CCC(=O)c1cccc(Cl)c1)C1CC1. The second kappa shape index (κ2) is 5.65. The summed E-state index contributed by atoms with van der Waals surface area (Å²) >= 11 is 5.88. The van der Waals surface area contributed by atoms with Crippen molar-refractivity contribution in [2.45, 2.75) is 32.2 Å². The van der Waals surface area contributed by atoms with Crippen molar-refractivity contribution >= 4 is 17.4 Å². The Morgan fingerprint density at radius 2 is 2.24 bits per heavy atom. The number of ketones is 1. The first-order valence-corrected chi connectivity index (χ1v) is 6.61. The van der Waals surface area contributed by atoms with Crippen molar-refractivity contribution in [3.8, 4) is 0 Å². The summed E-state index contributed by atoms with van der Waals surface area (Å²) < 4.78 is 0. The average Bonchev–Trinajstić information content (AvgIpc) is 3.14. The molecule has 0 heterocycles. The molecule has 0 radical (unpaired) electrons. The summed E-state index contributed by atoms with van der Waals surface area (Å²) in [5, 5.41) is 0.630. The minimum absolute atomic E-state index is 0.187. The Morgan fingerprint density at radius 1 is 1.47 bits per heavy atom. The van der Waals surface area contributed by atoms with Gasteiger partial charge in [-0.3, -0.25) is 4.79 Å². The van der Waals surface area contributed by atoms with Gasteiger partial charge in [0.15, 0.2) is 5.78 Å². The van der Waals surface area contributed by atoms with Crippen molar-refractivity contribution in [2.24, 2.45) is 0 Å². The molecule has 0 spiro atoms. The zero-order valence-corrected chi connectivity index (χ0v) is 10.9. The monoisotopic (exact) mass is 251 g/mol. The van der Waals surface area contributed by atoms with Gasteiger partial charge in [-0.05, 0) is 31.5 Å². The predicted octanol–water partition coefficient (Wildman–Crippen LogP) is 3.40. The van der Waals surface area contributed by atoms with Crippen LogP contribution < -0.4 is 0 Å². The third-order valence-corrected chi connectivity index (χ3v) is 3.48. The van der Waals surface area contributed by atoms with Crippen LogP contribution in [0, 0.1) is 0 Å². The van der Waals surface area contributed by atoms with Gasteiger partial charge in [-0.25, -0.2) is 0 Å². The largest absolute Gasteiger partial charge is 0.300 e. The van der Waals surface area contributed by atoms with Crippen molar-refractivity contribution in [1.29, 1.82) is 0 Å². The van der Waals surface area contributed by atoms with E-state index in [4.69, 9.17) is 11.6 Å². The fraction of sp³-hybridized carbons (Fsp3) is 0.500. The molecule has 0 bridgehead atoms. The summed E-state index contributed by atoms with van der Waals surface area (Å²) in [5.41, 5.74) is 0.726. The van der Waals surface area contributed by atoms with E-state index in [1.165, 1.54) is 12.8 Å². The number of nitrogens with zero attached hydrogens (tertiary/aromatic N) is 1. The normalized spacial score (nSPS) is 15.2. The fourth-order valence-electron chi connectivity index (χ4n) is 2.09. The molecule has 0 N–H and O–H groups in total. The van der Waals surface area contributed by atoms with Crippen LogP contribution >= 0.6 is 11.6 Å². The molecule has 1 aliphatic rings. The Hall–Kier alpha value is -0.860. The zero-order valence-electron chi connectivity index (χ0n) is 10.2. The first-order valence-electron chi connectivity index (χ1n) is 6.23. The highest BCUT2D eigenvalue weighted by atomic mass is 35.5.